The van der Waals surface area contributed by atoms with Crippen LogP contribution in [0.1, 0.15) is 21.7 Å². The van der Waals surface area contributed by atoms with E-state index in [2.05, 4.69) is 42.4 Å². The van der Waals surface area contributed by atoms with Crippen molar-refractivity contribution in [2.24, 2.45) is 5.10 Å². The maximum absolute atomic E-state index is 13.9. The number of nitrogens with one attached hydrogen (secondary N) is 1. The Morgan fingerprint density at radius 1 is 1.21 bits per heavy atom. The third-order valence-electron chi connectivity index (χ3n) is 4.72. The Hall–Kier alpha value is -2.88. The molecule has 0 spiro atoms. The highest BCUT2D eigenvalue weighted by atomic mass is 79.9. The second-order valence-electron chi connectivity index (χ2n) is 7.03. The molecule has 0 bridgehead atoms. The highest BCUT2D eigenvalue weighted by Gasteiger charge is 2.15. The lowest BCUT2D eigenvalue weighted by Gasteiger charge is -2.13. The zero-order chi connectivity index (χ0) is 24.2. The molecule has 0 saturated heterocycles. The molecule has 0 aliphatic carbocycles. The Balaban J connectivity index is 1.46. The van der Waals surface area contributed by atoms with Crippen LogP contribution < -0.4 is 14.9 Å². The van der Waals surface area contributed by atoms with Crippen molar-refractivity contribution in [1.29, 1.82) is 0 Å². The van der Waals surface area contributed by atoms with Gasteiger partial charge in [0.25, 0.3) is 0 Å². The third-order valence-corrected chi connectivity index (χ3v) is 6.05. The second-order valence-corrected chi connectivity index (χ2v) is 9.21. The van der Waals surface area contributed by atoms with Crippen LogP contribution in [-0.2, 0) is 6.61 Å². The molecule has 1 heterocycles. The van der Waals surface area contributed by atoms with Crippen LogP contribution in [0.4, 0.5) is 4.39 Å². The number of carbonyl (C=O) groups excluding carboxylic acids is 1. The Labute approximate surface area is 215 Å². The number of halogens is 4. The first-order valence-electron chi connectivity index (χ1n) is 9.81. The average molecular weight is 611 g/mol. The fourth-order valence-corrected chi connectivity index (χ4v) is 4.74. The molecule has 174 valence electrons. The van der Waals surface area contributed by atoms with Gasteiger partial charge >= 0.3 is 5.91 Å². The van der Waals surface area contributed by atoms with Crippen molar-refractivity contribution in [3.63, 3.8) is 0 Å². The maximum atomic E-state index is 13.9. The van der Waals surface area contributed by atoms with E-state index < -0.39 is 5.91 Å². The number of fused-ring (bicyclic) bond motifs is 1. The van der Waals surface area contributed by atoms with E-state index in [1.54, 1.807) is 36.4 Å². The Morgan fingerprint density at radius 3 is 2.76 bits per heavy atom. The van der Waals surface area contributed by atoms with Gasteiger partial charge in [-0.2, -0.15) is 5.10 Å². The summed E-state index contributed by atoms with van der Waals surface area (Å²) < 4.78 is 32.1. The topological polar surface area (TPSA) is 73.1 Å². The zero-order valence-corrected chi connectivity index (χ0v) is 21.5. The molecule has 1 amide bonds. The predicted octanol–water partition coefficient (Wildman–Crippen LogP) is 7.10. The normalized spacial score (nSPS) is 11.2. The number of carbonyl (C=O) groups is 1. The first kappa shape index (κ1) is 24.3. The number of hydrazone groups is 1. The SMILES string of the molecule is COc1cc(/C=N\NC(=O)c2cc3cc(Br)cc(Br)c3o2)cc(Cl)c1OCc1ccccc1F. The standard InChI is InChI=1S/C24H16Br2ClFN2O4/c1-32-20-7-13(6-18(27)23(20)33-12-14-4-2-3-5-19(14)28)11-29-30-24(31)21-9-15-8-16(25)10-17(26)22(15)34-21/h2-11H,12H2,1H3,(H,30,31)/b29-11-. The third kappa shape index (κ3) is 5.43. The number of benzene rings is 3. The molecule has 6 nitrogen and oxygen atoms in total. The Morgan fingerprint density at radius 2 is 2.00 bits per heavy atom. The Bertz CT molecular complexity index is 1410. The minimum atomic E-state index is -0.515. The number of hydrogen-bond donors (Lipinski definition) is 1. The van der Waals surface area contributed by atoms with E-state index in [1.165, 1.54) is 19.4 Å². The molecule has 4 rings (SSSR count). The van der Waals surface area contributed by atoms with Gasteiger partial charge in [-0.15, -0.1) is 0 Å². The van der Waals surface area contributed by atoms with Crippen molar-refractivity contribution < 1.29 is 23.1 Å². The monoisotopic (exact) mass is 608 g/mol. The van der Waals surface area contributed by atoms with Gasteiger partial charge < -0.3 is 13.9 Å². The molecule has 34 heavy (non-hydrogen) atoms. The largest absolute Gasteiger partial charge is 0.493 e. The average Bonchev–Trinajstić information content (AvgIpc) is 3.23. The fraction of sp³-hybridized carbons (Fsp3) is 0.0833. The van der Waals surface area contributed by atoms with E-state index in [0.717, 1.165) is 14.3 Å². The van der Waals surface area contributed by atoms with Gasteiger partial charge in [-0.3, -0.25) is 4.79 Å². The van der Waals surface area contributed by atoms with Crippen molar-refractivity contribution in [3.05, 3.63) is 91.3 Å². The summed E-state index contributed by atoms with van der Waals surface area (Å²) in [7, 11) is 1.46. The van der Waals surface area contributed by atoms with Crippen LogP contribution in [0, 0.1) is 5.82 Å². The first-order valence-corrected chi connectivity index (χ1v) is 11.8. The molecule has 3 aromatic carbocycles. The first-order chi connectivity index (χ1) is 16.4. The van der Waals surface area contributed by atoms with E-state index in [1.807, 2.05) is 12.1 Å². The number of furan rings is 1. The molecule has 0 unspecified atom stereocenters. The summed E-state index contributed by atoms with van der Waals surface area (Å²) in [5.74, 6) is -0.171. The summed E-state index contributed by atoms with van der Waals surface area (Å²) >= 11 is 13.2. The van der Waals surface area contributed by atoms with E-state index >= 15 is 0 Å². The molecule has 10 heteroatoms. The summed E-state index contributed by atoms with van der Waals surface area (Å²) in [6.07, 6.45) is 1.40. The van der Waals surface area contributed by atoms with Crippen molar-refractivity contribution >= 4 is 66.6 Å². The van der Waals surface area contributed by atoms with Crippen molar-refractivity contribution in [2.45, 2.75) is 6.61 Å². The van der Waals surface area contributed by atoms with Crippen LogP contribution in [0.25, 0.3) is 11.0 Å². The summed E-state index contributed by atoms with van der Waals surface area (Å²) in [5.41, 5.74) is 3.92. The summed E-state index contributed by atoms with van der Waals surface area (Å²) in [6, 6.07) is 14.8. The predicted molar refractivity (Wildman–Crippen MR) is 135 cm³/mol. The zero-order valence-electron chi connectivity index (χ0n) is 17.6. The highest BCUT2D eigenvalue weighted by molar-refractivity contribution is 9.11. The molecule has 1 N–H and O–H groups in total. The number of rotatable bonds is 7. The van der Waals surface area contributed by atoms with Gasteiger partial charge in [0.05, 0.1) is 22.8 Å². The van der Waals surface area contributed by atoms with Crippen molar-refractivity contribution in [1.82, 2.24) is 5.43 Å². The van der Waals surface area contributed by atoms with E-state index in [9.17, 15) is 9.18 Å². The molecule has 0 aliphatic rings. The summed E-state index contributed by atoms with van der Waals surface area (Å²) in [5, 5.41) is 4.98. The smallest absolute Gasteiger partial charge is 0.307 e. The summed E-state index contributed by atoms with van der Waals surface area (Å²) in [4.78, 5) is 12.4. The van der Waals surface area contributed by atoms with E-state index in [-0.39, 0.29) is 29.0 Å². The van der Waals surface area contributed by atoms with Gasteiger partial charge in [-0.1, -0.05) is 45.7 Å². The fourth-order valence-electron chi connectivity index (χ4n) is 3.13. The molecular formula is C24H16Br2ClFN2O4. The highest BCUT2D eigenvalue weighted by Crippen LogP contribution is 2.37. The van der Waals surface area contributed by atoms with E-state index in [0.29, 0.717) is 22.5 Å². The molecule has 0 fully saturated rings. The lowest BCUT2D eigenvalue weighted by molar-refractivity contribution is 0.0929. The van der Waals surface area contributed by atoms with Crippen molar-refractivity contribution in [3.8, 4) is 11.5 Å². The van der Waals surface area contributed by atoms with Crippen LogP contribution in [0.3, 0.4) is 0 Å². The van der Waals surface area contributed by atoms with Gasteiger partial charge in [0.1, 0.15) is 18.0 Å². The number of methoxy groups -OCH3 is 1. The number of hydrogen-bond acceptors (Lipinski definition) is 5. The van der Waals surface area contributed by atoms with E-state index in [4.69, 9.17) is 25.5 Å². The number of nitrogens with zero attached hydrogens (tertiary/aromatic N) is 1. The number of amides is 1. The molecule has 0 aliphatic heterocycles. The molecule has 0 atom stereocenters. The minimum Gasteiger partial charge on any atom is -0.493 e. The van der Waals surface area contributed by atoms with Gasteiger partial charge in [-0.05, 0) is 57.9 Å². The molecule has 0 radical (unpaired) electrons. The Kier molecular flexibility index (Phi) is 7.55. The van der Waals surface area contributed by atoms with Gasteiger partial charge in [0.15, 0.2) is 17.3 Å². The molecular weight excluding hydrogens is 595 g/mol. The van der Waals surface area contributed by atoms with Gasteiger partial charge in [-0.25, -0.2) is 9.82 Å². The second kappa shape index (κ2) is 10.6. The van der Waals surface area contributed by atoms with Crippen LogP contribution in [0.5, 0.6) is 11.5 Å². The maximum Gasteiger partial charge on any atom is 0.307 e. The van der Waals surface area contributed by atoms with Crippen molar-refractivity contribution in [2.75, 3.05) is 7.11 Å². The molecule has 1 aromatic heterocycles. The lowest BCUT2D eigenvalue weighted by Crippen LogP contribution is -2.16. The quantitative estimate of drug-likeness (QED) is 0.179. The van der Waals surface area contributed by atoms with Crippen LogP contribution >= 0.6 is 43.5 Å². The van der Waals surface area contributed by atoms with Gasteiger partial charge in [0.2, 0.25) is 0 Å². The molecule has 0 saturated carbocycles. The lowest BCUT2D eigenvalue weighted by atomic mass is 10.2. The number of ether oxygens (including phenoxy) is 2. The molecule has 4 aromatic rings. The van der Waals surface area contributed by atoms with Crippen LogP contribution in [-0.4, -0.2) is 19.2 Å². The summed E-state index contributed by atoms with van der Waals surface area (Å²) in [6.45, 7) is -0.0174. The van der Waals surface area contributed by atoms with Crippen LogP contribution in [0.15, 0.2) is 73.1 Å². The minimum absolute atomic E-state index is 0.0174. The van der Waals surface area contributed by atoms with Crippen LogP contribution in [0.2, 0.25) is 5.02 Å². The van der Waals surface area contributed by atoms with Gasteiger partial charge in [0, 0.05) is 15.4 Å².